The smallest absolute Gasteiger partial charge is 0.143 e. The minimum absolute atomic E-state index is 0.153. The zero-order valence-corrected chi connectivity index (χ0v) is 7.66. The number of aldehydes is 1. The highest BCUT2D eigenvalue weighted by atomic mass is 16.1. The number of fused-ring (bicyclic) bond motifs is 1. The highest BCUT2D eigenvalue weighted by Gasteiger charge is 2.36. The fraction of sp³-hybridized carbons (Fsp3) is 0.800. The number of hydrogen-bond acceptors (Lipinski definition) is 3. The summed E-state index contributed by atoms with van der Waals surface area (Å²) in [5.41, 5.74) is 0. The third kappa shape index (κ3) is 1.66. The lowest BCUT2D eigenvalue weighted by molar-refractivity contribution is -0.131. The summed E-state index contributed by atoms with van der Waals surface area (Å²) in [5.74, 6) is 0.323. The van der Waals surface area contributed by atoms with E-state index < -0.39 is 0 Å². The predicted molar refractivity (Wildman–Crippen MR) is 48.3 cm³/mol. The Bertz CT molecular complexity index is 227. The maximum atomic E-state index is 11.4. The molecule has 0 radical (unpaired) electrons. The molecule has 1 heterocycles. The summed E-state index contributed by atoms with van der Waals surface area (Å²) in [6, 6.07) is 0.418. The van der Waals surface area contributed by atoms with Crippen LogP contribution in [0.3, 0.4) is 0 Å². The molecule has 1 aliphatic heterocycles. The number of Topliss-reactive ketones (excluding diaryl/α,β-unsaturated/α-hetero) is 1. The molecule has 0 bridgehead atoms. The summed E-state index contributed by atoms with van der Waals surface area (Å²) in [6.45, 7) is 1.04. The van der Waals surface area contributed by atoms with E-state index in [0.29, 0.717) is 18.4 Å². The van der Waals surface area contributed by atoms with Gasteiger partial charge in [0.05, 0.1) is 5.92 Å². The molecule has 3 nitrogen and oxygen atoms in total. The molecular formula is C10H15NO2. The molecule has 1 N–H and O–H groups in total. The SMILES string of the molecule is O=CC1CC2NCCCC2CC1=O. The maximum absolute atomic E-state index is 11.4. The second kappa shape index (κ2) is 3.58. The quantitative estimate of drug-likeness (QED) is 0.474. The number of carbonyl (C=O) groups is 2. The van der Waals surface area contributed by atoms with Gasteiger partial charge in [-0.2, -0.15) is 0 Å². The minimum atomic E-state index is -0.327. The van der Waals surface area contributed by atoms with Gasteiger partial charge in [-0.1, -0.05) is 0 Å². The van der Waals surface area contributed by atoms with E-state index in [1.54, 1.807) is 0 Å². The summed E-state index contributed by atoms with van der Waals surface area (Å²) in [6.07, 6.45) is 4.47. The van der Waals surface area contributed by atoms with E-state index >= 15 is 0 Å². The van der Waals surface area contributed by atoms with Crippen LogP contribution in [0.1, 0.15) is 25.7 Å². The molecule has 72 valence electrons. The van der Waals surface area contributed by atoms with E-state index in [2.05, 4.69) is 5.32 Å². The van der Waals surface area contributed by atoms with Gasteiger partial charge < -0.3 is 10.1 Å². The number of ketones is 1. The fourth-order valence-corrected chi connectivity index (χ4v) is 2.49. The standard InChI is InChI=1S/C10H15NO2/c12-6-8-4-9-7(5-10(8)13)2-1-3-11-9/h6-9,11H,1-5H2. The lowest BCUT2D eigenvalue weighted by atomic mass is 9.74. The number of nitrogens with one attached hydrogen (secondary N) is 1. The Morgan fingerprint density at radius 3 is 3.08 bits per heavy atom. The molecule has 2 rings (SSSR count). The summed E-state index contributed by atoms with van der Waals surface area (Å²) in [4.78, 5) is 22.0. The van der Waals surface area contributed by atoms with Crippen molar-refractivity contribution in [2.45, 2.75) is 31.7 Å². The molecule has 0 aromatic rings. The number of hydrogen-bond donors (Lipinski definition) is 1. The Morgan fingerprint density at radius 1 is 1.46 bits per heavy atom. The van der Waals surface area contributed by atoms with Crippen molar-refractivity contribution in [2.75, 3.05) is 6.54 Å². The van der Waals surface area contributed by atoms with Gasteiger partial charge in [-0.05, 0) is 31.7 Å². The van der Waals surface area contributed by atoms with Crippen LogP contribution in [-0.2, 0) is 9.59 Å². The largest absolute Gasteiger partial charge is 0.314 e. The Morgan fingerprint density at radius 2 is 2.31 bits per heavy atom. The first kappa shape index (κ1) is 8.88. The van der Waals surface area contributed by atoms with Gasteiger partial charge in [0.1, 0.15) is 12.1 Å². The van der Waals surface area contributed by atoms with E-state index in [4.69, 9.17) is 0 Å². The van der Waals surface area contributed by atoms with Crippen LogP contribution in [0.25, 0.3) is 0 Å². The normalized spacial score (nSPS) is 39.7. The molecule has 0 aromatic heterocycles. The van der Waals surface area contributed by atoms with E-state index in [9.17, 15) is 9.59 Å². The second-order valence-electron chi connectivity index (χ2n) is 4.11. The van der Waals surface area contributed by atoms with Crippen LogP contribution in [0.2, 0.25) is 0 Å². The van der Waals surface area contributed by atoms with Gasteiger partial charge >= 0.3 is 0 Å². The van der Waals surface area contributed by atoms with Gasteiger partial charge in [0.15, 0.2) is 0 Å². The van der Waals surface area contributed by atoms with Gasteiger partial charge in [-0.15, -0.1) is 0 Å². The molecule has 3 atom stereocenters. The first-order chi connectivity index (χ1) is 6.31. The van der Waals surface area contributed by atoms with E-state index in [-0.39, 0.29) is 11.7 Å². The monoisotopic (exact) mass is 181 g/mol. The molecule has 1 aliphatic carbocycles. The van der Waals surface area contributed by atoms with E-state index in [0.717, 1.165) is 25.7 Å². The van der Waals surface area contributed by atoms with Crippen molar-refractivity contribution in [2.24, 2.45) is 11.8 Å². The van der Waals surface area contributed by atoms with Gasteiger partial charge in [0, 0.05) is 12.5 Å². The maximum Gasteiger partial charge on any atom is 0.143 e. The third-order valence-corrected chi connectivity index (χ3v) is 3.28. The van der Waals surface area contributed by atoms with Crippen molar-refractivity contribution >= 4 is 12.1 Å². The number of piperidine rings is 1. The van der Waals surface area contributed by atoms with Gasteiger partial charge in [0.2, 0.25) is 0 Å². The highest BCUT2D eigenvalue weighted by molar-refractivity contribution is 5.94. The minimum Gasteiger partial charge on any atom is -0.314 e. The van der Waals surface area contributed by atoms with Crippen LogP contribution in [0.5, 0.6) is 0 Å². The fourth-order valence-electron chi connectivity index (χ4n) is 2.49. The van der Waals surface area contributed by atoms with Gasteiger partial charge in [-0.25, -0.2) is 0 Å². The molecule has 3 unspecified atom stereocenters. The number of rotatable bonds is 1. The van der Waals surface area contributed by atoms with Crippen LogP contribution < -0.4 is 5.32 Å². The Balaban J connectivity index is 2.04. The second-order valence-corrected chi connectivity index (χ2v) is 4.11. The van der Waals surface area contributed by atoms with Crippen LogP contribution in [0.4, 0.5) is 0 Å². The van der Waals surface area contributed by atoms with Crippen molar-refractivity contribution < 1.29 is 9.59 Å². The molecule has 2 aliphatic rings. The lowest BCUT2D eigenvalue weighted by Gasteiger charge is -2.37. The molecule has 1 saturated carbocycles. The number of carbonyl (C=O) groups excluding carboxylic acids is 2. The van der Waals surface area contributed by atoms with Crippen LogP contribution in [0.15, 0.2) is 0 Å². The molecule has 2 fully saturated rings. The molecule has 0 spiro atoms. The Labute approximate surface area is 77.9 Å². The van der Waals surface area contributed by atoms with Crippen molar-refractivity contribution in [1.82, 2.24) is 5.32 Å². The zero-order chi connectivity index (χ0) is 9.26. The third-order valence-electron chi connectivity index (χ3n) is 3.28. The Kier molecular flexibility index (Phi) is 2.44. The van der Waals surface area contributed by atoms with E-state index in [1.165, 1.54) is 6.42 Å². The first-order valence-electron chi connectivity index (χ1n) is 5.02. The van der Waals surface area contributed by atoms with Crippen LogP contribution in [0, 0.1) is 11.8 Å². The highest BCUT2D eigenvalue weighted by Crippen LogP contribution is 2.30. The Hall–Kier alpha value is -0.700. The summed E-state index contributed by atoms with van der Waals surface area (Å²) in [5, 5.41) is 3.39. The average Bonchev–Trinajstić information content (AvgIpc) is 2.17. The lowest BCUT2D eigenvalue weighted by Crippen LogP contribution is -2.48. The van der Waals surface area contributed by atoms with Crippen LogP contribution >= 0.6 is 0 Å². The molecular weight excluding hydrogens is 166 g/mol. The summed E-state index contributed by atoms with van der Waals surface area (Å²) < 4.78 is 0. The first-order valence-corrected chi connectivity index (χ1v) is 5.02. The van der Waals surface area contributed by atoms with Crippen molar-refractivity contribution in [3.63, 3.8) is 0 Å². The predicted octanol–water partition coefficient (Wildman–Crippen LogP) is 0.533. The zero-order valence-electron chi connectivity index (χ0n) is 7.66. The molecule has 1 saturated heterocycles. The van der Waals surface area contributed by atoms with Crippen LogP contribution in [-0.4, -0.2) is 24.7 Å². The molecule has 0 amide bonds. The van der Waals surface area contributed by atoms with Gasteiger partial charge in [-0.3, -0.25) is 4.79 Å². The molecule has 0 aromatic carbocycles. The van der Waals surface area contributed by atoms with Crippen molar-refractivity contribution in [3.8, 4) is 0 Å². The average molecular weight is 181 g/mol. The molecule has 13 heavy (non-hydrogen) atoms. The topological polar surface area (TPSA) is 46.2 Å². The van der Waals surface area contributed by atoms with Gasteiger partial charge in [0.25, 0.3) is 0 Å². The van der Waals surface area contributed by atoms with Crippen molar-refractivity contribution in [1.29, 1.82) is 0 Å². The summed E-state index contributed by atoms with van der Waals surface area (Å²) >= 11 is 0. The molecule has 3 heteroatoms. The van der Waals surface area contributed by atoms with E-state index in [1.807, 2.05) is 0 Å². The van der Waals surface area contributed by atoms with Crippen molar-refractivity contribution in [3.05, 3.63) is 0 Å². The summed E-state index contributed by atoms with van der Waals surface area (Å²) in [7, 11) is 0.